The molecule has 770 valence electrons. The number of pyridine rings is 4. The van der Waals surface area contributed by atoms with E-state index in [0.29, 0.717) is 64.2 Å². The highest BCUT2D eigenvalue weighted by molar-refractivity contribution is 5.96. The van der Waals surface area contributed by atoms with Gasteiger partial charge in [0.25, 0.3) is 47.3 Å². The summed E-state index contributed by atoms with van der Waals surface area (Å²) < 4.78 is 30.2. The van der Waals surface area contributed by atoms with E-state index in [0.717, 1.165) is 87.1 Å². The second-order valence-electron chi connectivity index (χ2n) is 36.1. The Kier molecular flexibility index (Phi) is 34.4. The molecule has 0 saturated carbocycles. The van der Waals surface area contributed by atoms with Crippen LogP contribution in [0.25, 0.3) is 22.7 Å². The van der Waals surface area contributed by atoms with Gasteiger partial charge in [0.05, 0.1) is 80.2 Å². The van der Waals surface area contributed by atoms with Crippen molar-refractivity contribution in [2.24, 2.45) is 0 Å². The molecule has 40 nitrogen and oxygen atoms in total. The van der Waals surface area contributed by atoms with Crippen molar-refractivity contribution in [2.45, 2.75) is 186 Å². The van der Waals surface area contributed by atoms with Crippen LogP contribution in [-0.4, -0.2) is 228 Å². The molecule has 0 bridgehead atoms. The molecule has 0 saturated heterocycles. The summed E-state index contributed by atoms with van der Waals surface area (Å²) in [5.74, 6) is 1.36. The quantitative estimate of drug-likeness (QED) is 0.0181. The first-order chi connectivity index (χ1) is 71.7. The number of carbonyl (C=O) groups excluding carboxylic acids is 8. The third-order valence-corrected chi connectivity index (χ3v) is 25.6. The average molecular weight is 2020 g/mol. The SMILES string of the molecule is CC#CCOc1cc([C@@H](C)NC(=O)[C@H](O)[C@@H](O)C(=O)N2Cc3cccnc3C2)ccc1-n1cccn1.COc1cc([C@@H](C)NC(=O)[C@](C)(O)[C@@H](O)C(=O)N2Cc3cccnc3C2)ccc1-n1cccn1.C[C@@H](NC(=O)[C@H](O)[C@@H](O)C(=O)N1Cc2cccnc2C1)c1ccc(-n2cccn2)c(OCc2ccccc2)c1.C[C@@H](NC(=O)[C@](C)(O)[C@@H](O)C(=O)N1Cc2cccnc2C1)c1ccc(-n2cccn2)c(OCc2ccccc2)c1. The number of rotatable bonds is 33. The van der Waals surface area contributed by atoms with E-state index in [4.69, 9.17) is 18.9 Å². The largest absolute Gasteiger partial charge is 0.494 e. The van der Waals surface area contributed by atoms with Crippen molar-refractivity contribution in [1.82, 2.24) is 99.9 Å². The zero-order chi connectivity index (χ0) is 106. The summed E-state index contributed by atoms with van der Waals surface area (Å²) in [5.41, 5.74) is 9.33. The molecule has 12 heterocycles. The van der Waals surface area contributed by atoms with Gasteiger partial charge in [-0.2, -0.15) is 20.4 Å². The van der Waals surface area contributed by atoms with E-state index in [1.807, 2.05) is 121 Å². The number of nitrogens with zero attached hydrogens (tertiary/aromatic N) is 16. The smallest absolute Gasteiger partial charge is 0.255 e. The number of fused-ring (bicyclic) bond motifs is 4. The highest BCUT2D eigenvalue weighted by Gasteiger charge is 2.48. The lowest BCUT2D eigenvalue weighted by Gasteiger charge is -2.31. The van der Waals surface area contributed by atoms with Crippen molar-refractivity contribution in [3.63, 3.8) is 0 Å². The fourth-order valence-corrected chi connectivity index (χ4v) is 16.8. The van der Waals surface area contributed by atoms with Crippen molar-refractivity contribution in [3.05, 3.63) is 359 Å². The molecule has 6 aromatic carbocycles. The Hall–Kier alpha value is -17.0. The van der Waals surface area contributed by atoms with E-state index < -0.39 is 119 Å². The summed E-state index contributed by atoms with van der Waals surface area (Å²) >= 11 is 0. The monoisotopic (exact) mass is 2020 g/mol. The van der Waals surface area contributed by atoms with Crippen LogP contribution in [0.5, 0.6) is 23.0 Å². The summed E-state index contributed by atoms with van der Waals surface area (Å²) in [7, 11) is 1.54. The highest BCUT2D eigenvalue weighted by Crippen LogP contribution is 2.36. The maximum Gasteiger partial charge on any atom is 0.255 e. The fourth-order valence-electron chi connectivity index (χ4n) is 16.8. The number of methoxy groups -OCH3 is 1. The third-order valence-electron chi connectivity index (χ3n) is 25.6. The highest BCUT2D eigenvalue weighted by atomic mass is 16.5. The number of nitrogens with one attached hydrogen (secondary N) is 4. The number of aliphatic hydroxyl groups excluding tert-OH is 6. The van der Waals surface area contributed by atoms with Crippen LogP contribution >= 0.6 is 0 Å². The maximum absolute atomic E-state index is 13.1. The van der Waals surface area contributed by atoms with E-state index >= 15 is 0 Å². The van der Waals surface area contributed by atoms with Crippen molar-refractivity contribution in [1.29, 1.82) is 0 Å². The fraction of sp³-hybridized carbons (Fsp3) is 0.284. The zero-order valence-corrected chi connectivity index (χ0v) is 82.7. The third kappa shape index (κ3) is 25.6. The minimum atomic E-state index is -2.37. The molecule has 0 fully saturated rings. The number of carbonyl (C=O) groups is 8. The van der Waals surface area contributed by atoms with E-state index in [2.05, 4.69) is 73.4 Å². The minimum absolute atomic E-state index is 0.178. The summed E-state index contributed by atoms with van der Waals surface area (Å²) in [4.78, 5) is 125. The molecule has 8 aromatic heterocycles. The molecule has 0 aliphatic carbocycles. The second-order valence-corrected chi connectivity index (χ2v) is 36.1. The lowest BCUT2D eigenvalue weighted by Crippen LogP contribution is -2.58. The van der Waals surface area contributed by atoms with Crippen molar-refractivity contribution in [3.8, 4) is 57.6 Å². The Balaban J connectivity index is 0.000000149. The zero-order valence-electron chi connectivity index (χ0n) is 82.7. The van der Waals surface area contributed by atoms with E-state index in [-0.39, 0.29) is 59.0 Å². The first kappa shape index (κ1) is 106. The van der Waals surface area contributed by atoms with Crippen LogP contribution in [0, 0.1) is 11.8 Å². The Morgan fingerprint density at radius 3 is 0.926 bits per heavy atom. The lowest BCUT2D eigenvalue weighted by atomic mass is 9.95. The standard InChI is InChI=1S/C30H31N5O5.C29H29N5O5.C26H27N5O5.C24H27N5O5/c1-20(33-29(38)30(2,39)27(36)28(37)34-17-23-10-6-13-31-24(23)18-34)22-11-12-25(35-15-7-14-32-35)26(16-22)40-19-21-8-4-3-5-9-21;1-19(32-28(37)26(35)27(36)29(38)33-16-22-9-5-12-30-23(22)17-33)21-10-11-24(34-14-6-13-31-34)25(15-21)39-18-20-7-3-2-4-8-20;1-3-4-13-36-22-14-18(8-9-21(22)31-12-6-11-28-31)17(2)29-25(34)23(32)24(33)26(35)30-15-19-7-5-10-27-20(19)16-30;1-15(16-7-8-19(20(12-16)34-3)29-11-5-10-26-29)27-23(32)24(2,33)21(30)22(31)28-13-17-6-4-9-25-18(17)14-28/h3-16,20,27,36,39H,17-19H2,1-2H3,(H,33,38);2-15,19,26-27,35-36H,16-18H2,1H3,(H,32,37);5-12,14,17,23-24,32-33H,13,15-16H2,1-2H3,(H,29,34);4-12,15,21,30,33H,13-14H2,1-3H3,(H,27,32)/t20-,27+,30-;19-,26-,27-;17-,23-,24-;15-,21+,24-/m1111/s1. The van der Waals surface area contributed by atoms with Crippen LogP contribution in [0.1, 0.15) is 151 Å². The molecular weight excluding hydrogens is 1910 g/mol. The van der Waals surface area contributed by atoms with Crippen molar-refractivity contribution in [2.75, 3.05) is 13.7 Å². The summed E-state index contributed by atoms with van der Waals surface area (Å²) in [6.07, 6.45) is 8.77. The molecule has 0 unspecified atom stereocenters. The molecule has 40 heteroatoms. The first-order valence-electron chi connectivity index (χ1n) is 47.8. The number of hydrogen-bond acceptors (Lipinski definition) is 28. The van der Waals surface area contributed by atoms with Gasteiger partial charge in [-0.15, -0.1) is 5.92 Å². The van der Waals surface area contributed by atoms with Crippen LogP contribution in [0.3, 0.4) is 0 Å². The van der Waals surface area contributed by atoms with Crippen LogP contribution in [-0.2, 0) is 104 Å². The predicted molar refractivity (Wildman–Crippen MR) is 539 cm³/mol. The van der Waals surface area contributed by atoms with Crippen LogP contribution in [0.4, 0.5) is 0 Å². The molecule has 8 amide bonds. The topological polar surface area (TPSA) is 519 Å². The van der Waals surface area contributed by atoms with Gasteiger partial charge >= 0.3 is 0 Å². The normalized spacial score (nSPS) is 15.3. The Morgan fingerprint density at radius 2 is 0.638 bits per heavy atom. The van der Waals surface area contributed by atoms with Crippen LogP contribution < -0.4 is 40.2 Å². The van der Waals surface area contributed by atoms with Gasteiger partial charge in [0.1, 0.15) is 65.6 Å². The molecule has 14 aromatic rings. The molecule has 12 N–H and O–H groups in total. The van der Waals surface area contributed by atoms with Gasteiger partial charge < -0.3 is 101 Å². The molecule has 0 spiro atoms. The molecule has 12 atom stereocenters. The van der Waals surface area contributed by atoms with Crippen LogP contribution in [0.15, 0.2) is 281 Å². The molecule has 18 rings (SSSR count). The molecule has 4 aliphatic rings. The summed E-state index contributed by atoms with van der Waals surface area (Å²) in [6, 6.07) is 60.5. The molecule has 149 heavy (non-hydrogen) atoms. The van der Waals surface area contributed by atoms with E-state index in [1.54, 1.807) is 213 Å². The summed E-state index contributed by atoms with van der Waals surface area (Å²) in [6.45, 7) is 13.6. The van der Waals surface area contributed by atoms with Gasteiger partial charge in [-0.1, -0.05) is 115 Å². The van der Waals surface area contributed by atoms with Gasteiger partial charge in [-0.25, -0.2) is 18.7 Å². The van der Waals surface area contributed by atoms with Crippen molar-refractivity contribution >= 4 is 47.3 Å². The first-order valence-corrected chi connectivity index (χ1v) is 47.8. The minimum Gasteiger partial charge on any atom is -0.494 e. The number of aromatic nitrogens is 12. The maximum atomic E-state index is 13.1. The van der Waals surface area contributed by atoms with Gasteiger partial charge in [0, 0.05) is 101 Å². The van der Waals surface area contributed by atoms with Gasteiger partial charge in [-0.05, 0) is 201 Å². The number of aliphatic hydroxyl groups is 8. The Morgan fingerprint density at radius 1 is 0.349 bits per heavy atom. The second kappa shape index (κ2) is 48.3. The van der Waals surface area contributed by atoms with Gasteiger partial charge in [-0.3, -0.25) is 58.3 Å². The van der Waals surface area contributed by atoms with E-state index in [9.17, 15) is 79.2 Å². The van der Waals surface area contributed by atoms with Gasteiger partial charge in [0.15, 0.2) is 47.8 Å². The average Bonchev–Trinajstić information content (AvgIpc) is 1.75. The van der Waals surface area contributed by atoms with Crippen molar-refractivity contribution < 1.29 is 98.2 Å². The Bertz CT molecular complexity index is 6990. The number of benzene rings is 6. The van der Waals surface area contributed by atoms with E-state index in [1.165, 1.54) is 26.7 Å². The molecule has 4 aliphatic heterocycles. The number of amides is 8. The predicted octanol–water partition coefficient (Wildman–Crippen LogP) is 7.18. The molecular formula is C109H114N20O20. The summed E-state index contributed by atoms with van der Waals surface area (Å²) in [5, 5.41) is 113. The number of hydrogen-bond donors (Lipinski definition) is 12. The van der Waals surface area contributed by atoms with Gasteiger partial charge in [0.2, 0.25) is 0 Å². The molecule has 0 radical (unpaired) electrons. The Labute approximate surface area is 857 Å². The lowest BCUT2D eigenvalue weighted by molar-refractivity contribution is -0.166. The van der Waals surface area contributed by atoms with Crippen LogP contribution in [0.2, 0.25) is 0 Å². The number of ether oxygens (including phenoxy) is 4.